The summed E-state index contributed by atoms with van der Waals surface area (Å²) in [5.74, 6) is -0.850. The zero-order valence-electron chi connectivity index (χ0n) is 25.5. The lowest BCUT2D eigenvalue weighted by atomic mass is 9.81. The van der Waals surface area contributed by atoms with E-state index >= 15 is 0 Å². The number of hydrogen-bond acceptors (Lipinski definition) is 6. The molecule has 9 heteroatoms. The van der Waals surface area contributed by atoms with E-state index in [9.17, 15) is 19.2 Å². The van der Waals surface area contributed by atoms with Crippen molar-refractivity contribution in [3.05, 3.63) is 92.9 Å². The Morgan fingerprint density at radius 1 is 1.00 bits per heavy atom. The van der Waals surface area contributed by atoms with Crippen LogP contribution in [0, 0.1) is 30.6 Å². The number of halogens is 2. The second kappa shape index (κ2) is 12.0. The number of carbonyl (C=O) groups excluding carboxylic acids is 4. The van der Waals surface area contributed by atoms with Crippen LogP contribution in [0.4, 0.5) is 5.69 Å². The molecule has 2 heterocycles. The minimum Gasteiger partial charge on any atom is -0.450 e. The zero-order chi connectivity index (χ0) is 32.3. The molecule has 2 aliphatic carbocycles. The number of anilines is 1. The van der Waals surface area contributed by atoms with Gasteiger partial charge in [0.25, 0.3) is 0 Å². The van der Waals surface area contributed by atoms with E-state index in [0.29, 0.717) is 73.1 Å². The van der Waals surface area contributed by atoms with Crippen molar-refractivity contribution in [2.45, 2.75) is 52.1 Å². The number of aromatic nitrogens is 1. The summed E-state index contributed by atoms with van der Waals surface area (Å²) in [7, 11) is 0. The lowest BCUT2D eigenvalue weighted by molar-refractivity contribution is -0.123. The fraction of sp³-hybridized carbons (Fsp3) is 0.324. The Morgan fingerprint density at radius 2 is 1.65 bits per heavy atom. The van der Waals surface area contributed by atoms with Crippen LogP contribution < -0.4 is 4.90 Å². The van der Waals surface area contributed by atoms with Gasteiger partial charge in [-0.1, -0.05) is 67.4 Å². The summed E-state index contributed by atoms with van der Waals surface area (Å²) in [5, 5.41) is 1.01. The third kappa shape index (κ3) is 5.06. The van der Waals surface area contributed by atoms with Crippen molar-refractivity contribution in [1.29, 1.82) is 0 Å². The highest BCUT2D eigenvalue weighted by Gasteiger charge is 2.61. The number of ketones is 1. The number of carbonyl (C=O) groups is 4. The second-order valence-electron chi connectivity index (χ2n) is 12.6. The number of aryl methyl sites for hydroxylation is 1. The zero-order valence-corrected chi connectivity index (χ0v) is 27.8. The quantitative estimate of drug-likeness (QED) is 0.104. The van der Waals surface area contributed by atoms with Crippen LogP contribution in [0.25, 0.3) is 22.2 Å². The van der Waals surface area contributed by atoms with Gasteiger partial charge in [0.05, 0.1) is 39.3 Å². The first-order valence-electron chi connectivity index (χ1n) is 15.8. The lowest BCUT2D eigenvalue weighted by Crippen LogP contribution is -2.32. The fourth-order valence-electron chi connectivity index (χ4n) is 7.71. The Kier molecular flexibility index (Phi) is 8.06. The van der Waals surface area contributed by atoms with Crippen LogP contribution in [-0.4, -0.2) is 34.7 Å². The van der Waals surface area contributed by atoms with Crippen molar-refractivity contribution in [3.8, 4) is 11.3 Å². The van der Waals surface area contributed by atoms with Gasteiger partial charge in [0, 0.05) is 21.0 Å². The summed E-state index contributed by atoms with van der Waals surface area (Å²) in [4.78, 5) is 60.2. The highest BCUT2D eigenvalue weighted by Crippen LogP contribution is 2.56. The number of pyridine rings is 1. The first kappa shape index (κ1) is 30.8. The molecule has 2 amide bonds. The largest absolute Gasteiger partial charge is 0.450 e. The first-order chi connectivity index (χ1) is 22.2. The summed E-state index contributed by atoms with van der Waals surface area (Å²) in [6.45, 7) is 3.77. The SMILES string of the molecule is CCCC(OC(=O)c1cc(-c2ccc(N3C(=O)C4C5CCC(C5)C4C3=O)cc2)nc2c(C)c(Cl)c(Br)cc12)C(=O)c1ccccc1. The molecular formula is C37H32BrClN2O5. The summed E-state index contributed by atoms with van der Waals surface area (Å²) < 4.78 is 6.53. The van der Waals surface area contributed by atoms with Crippen LogP contribution in [0.2, 0.25) is 5.02 Å². The molecule has 0 N–H and O–H groups in total. The van der Waals surface area contributed by atoms with Crippen LogP contribution in [-0.2, 0) is 14.3 Å². The van der Waals surface area contributed by atoms with Gasteiger partial charge >= 0.3 is 5.97 Å². The first-order valence-corrected chi connectivity index (χ1v) is 16.9. The van der Waals surface area contributed by atoms with Crippen molar-refractivity contribution in [2.24, 2.45) is 23.7 Å². The predicted octanol–water partition coefficient (Wildman–Crippen LogP) is 8.37. The molecule has 2 bridgehead atoms. The van der Waals surface area contributed by atoms with Crippen LogP contribution in [0.1, 0.15) is 65.3 Å². The molecule has 0 radical (unpaired) electrons. The van der Waals surface area contributed by atoms with Gasteiger partial charge in [-0.3, -0.25) is 19.3 Å². The Bertz CT molecular complexity index is 1880. The van der Waals surface area contributed by atoms with E-state index in [1.807, 2.05) is 19.9 Å². The maximum absolute atomic E-state index is 13.9. The standard InChI is InChI=1S/C37H32BrClN2O5/c1-3-7-29(34(42)21-8-5-4-6-9-21)46-37(45)26-18-28(40-33-19(2)32(39)27(38)17-25(26)33)20-12-14-24(15-13-20)41-35(43)30-22-10-11-23(16-22)31(30)36(41)44/h4-6,8-9,12-15,17-18,22-23,29-31H,3,7,10-11,16H2,1-2H3. The Labute approximate surface area is 280 Å². The molecule has 3 aliphatic rings. The number of ether oxygens (including phenoxy) is 1. The number of benzene rings is 3. The molecule has 0 spiro atoms. The topological polar surface area (TPSA) is 93.6 Å². The summed E-state index contributed by atoms with van der Waals surface area (Å²) in [6.07, 6.45) is 3.11. The Hall–Kier alpha value is -3.88. The van der Waals surface area contributed by atoms with E-state index in [4.69, 9.17) is 21.3 Å². The van der Waals surface area contributed by atoms with E-state index < -0.39 is 12.1 Å². The third-order valence-corrected chi connectivity index (χ3v) is 11.3. The molecule has 7 rings (SSSR count). The molecule has 5 unspecified atom stereocenters. The number of rotatable bonds is 8. The van der Waals surface area contributed by atoms with Gasteiger partial charge in [-0.15, -0.1) is 0 Å². The molecule has 234 valence electrons. The number of fused-ring (bicyclic) bond motifs is 6. The van der Waals surface area contributed by atoms with Gasteiger partial charge in [-0.05, 0) is 90.2 Å². The molecule has 3 fully saturated rings. The molecule has 2 saturated carbocycles. The lowest BCUT2D eigenvalue weighted by Gasteiger charge is -2.19. The Balaban J connectivity index is 1.24. The van der Waals surface area contributed by atoms with Crippen LogP contribution in [0.5, 0.6) is 0 Å². The van der Waals surface area contributed by atoms with Gasteiger partial charge in [0.1, 0.15) is 0 Å². The van der Waals surface area contributed by atoms with Crippen LogP contribution >= 0.6 is 27.5 Å². The number of imide groups is 1. The monoisotopic (exact) mass is 698 g/mol. The number of hydrogen-bond donors (Lipinski definition) is 0. The molecule has 46 heavy (non-hydrogen) atoms. The molecule has 1 aliphatic heterocycles. The highest BCUT2D eigenvalue weighted by atomic mass is 79.9. The molecule has 3 aromatic carbocycles. The minimum atomic E-state index is -0.951. The predicted molar refractivity (Wildman–Crippen MR) is 180 cm³/mol. The van der Waals surface area contributed by atoms with E-state index in [0.717, 1.165) is 19.3 Å². The van der Waals surface area contributed by atoms with E-state index in [1.54, 1.807) is 60.7 Å². The molecule has 1 aromatic heterocycles. The van der Waals surface area contributed by atoms with Crippen molar-refractivity contribution >= 4 is 67.7 Å². The van der Waals surface area contributed by atoms with Gasteiger partial charge in [-0.25, -0.2) is 9.78 Å². The molecule has 1 saturated heterocycles. The molecule has 7 nitrogen and oxygen atoms in total. The van der Waals surface area contributed by atoms with Crippen LogP contribution in [0.3, 0.4) is 0 Å². The van der Waals surface area contributed by atoms with Crippen molar-refractivity contribution in [1.82, 2.24) is 4.98 Å². The highest BCUT2D eigenvalue weighted by molar-refractivity contribution is 9.10. The summed E-state index contributed by atoms with van der Waals surface area (Å²) >= 11 is 10.1. The summed E-state index contributed by atoms with van der Waals surface area (Å²) in [5.41, 5.74) is 3.64. The van der Waals surface area contributed by atoms with Crippen molar-refractivity contribution in [3.63, 3.8) is 0 Å². The number of esters is 1. The van der Waals surface area contributed by atoms with Crippen molar-refractivity contribution in [2.75, 3.05) is 4.90 Å². The van der Waals surface area contributed by atoms with Crippen LogP contribution in [0.15, 0.2) is 71.2 Å². The normalized spacial score (nSPS) is 22.4. The number of Topliss-reactive ketones (excluding diaryl/α,β-unsaturated/α-hetero) is 1. The van der Waals surface area contributed by atoms with Gasteiger partial charge < -0.3 is 4.74 Å². The number of amides is 2. The second-order valence-corrected chi connectivity index (χ2v) is 13.8. The molecular weight excluding hydrogens is 668 g/mol. The Morgan fingerprint density at radius 3 is 2.28 bits per heavy atom. The average molecular weight is 700 g/mol. The van der Waals surface area contributed by atoms with Gasteiger partial charge in [0.2, 0.25) is 17.6 Å². The van der Waals surface area contributed by atoms with Gasteiger partial charge in [0.15, 0.2) is 6.10 Å². The third-order valence-electron chi connectivity index (χ3n) is 9.94. The summed E-state index contributed by atoms with van der Waals surface area (Å²) in [6, 6.07) is 19.3. The average Bonchev–Trinajstić information content (AvgIpc) is 3.76. The number of nitrogens with zero attached hydrogens (tertiary/aromatic N) is 2. The molecule has 5 atom stereocenters. The van der Waals surface area contributed by atoms with Crippen molar-refractivity contribution < 1.29 is 23.9 Å². The minimum absolute atomic E-state index is 0.0914. The van der Waals surface area contributed by atoms with E-state index in [2.05, 4.69) is 15.9 Å². The van der Waals surface area contributed by atoms with E-state index in [-0.39, 0.29) is 35.0 Å². The molecule has 4 aromatic rings. The van der Waals surface area contributed by atoms with Gasteiger partial charge in [-0.2, -0.15) is 0 Å². The maximum Gasteiger partial charge on any atom is 0.339 e. The fourth-order valence-corrected chi connectivity index (χ4v) is 8.38. The smallest absolute Gasteiger partial charge is 0.339 e. The van der Waals surface area contributed by atoms with E-state index in [1.165, 1.54) is 4.90 Å². The maximum atomic E-state index is 13.9.